The largest absolute Gasteiger partial charge is 0.449 e. The molecule has 0 saturated carbocycles. The molecule has 0 spiro atoms. The van der Waals surface area contributed by atoms with Crippen LogP contribution in [-0.4, -0.2) is 18.0 Å². The molecule has 0 heterocycles. The zero-order valence-corrected chi connectivity index (χ0v) is 15.0. The van der Waals surface area contributed by atoms with Gasteiger partial charge in [0.2, 0.25) is 0 Å². The number of carbonyl (C=O) groups is 2. The molecule has 1 N–H and O–H groups in total. The van der Waals surface area contributed by atoms with Gasteiger partial charge in [0.25, 0.3) is 5.91 Å². The van der Waals surface area contributed by atoms with Crippen molar-refractivity contribution in [2.24, 2.45) is 0 Å². The summed E-state index contributed by atoms with van der Waals surface area (Å²) < 4.78 is 6.01. The third kappa shape index (κ3) is 5.35. The maximum atomic E-state index is 12.0. The molecule has 124 valence electrons. The van der Waals surface area contributed by atoms with Gasteiger partial charge in [-0.1, -0.05) is 46.3 Å². The molecule has 5 heteroatoms. The predicted octanol–water partition coefficient (Wildman–Crippen LogP) is 4.34. The summed E-state index contributed by atoms with van der Waals surface area (Å²) in [6.45, 7) is 3.52. The van der Waals surface area contributed by atoms with Gasteiger partial charge < -0.3 is 10.1 Å². The highest BCUT2D eigenvalue weighted by atomic mass is 79.9. The van der Waals surface area contributed by atoms with Crippen LogP contribution in [0.2, 0.25) is 0 Å². The van der Waals surface area contributed by atoms with Crippen molar-refractivity contribution < 1.29 is 14.3 Å². The highest BCUT2D eigenvalue weighted by molar-refractivity contribution is 9.10. The first-order valence-corrected chi connectivity index (χ1v) is 8.26. The van der Waals surface area contributed by atoms with Crippen LogP contribution in [0.15, 0.2) is 59.1 Å². The number of aryl methyl sites for hydroxylation is 1. The number of hydrogen-bond acceptors (Lipinski definition) is 3. The first-order chi connectivity index (χ1) is 11.5. The van der Waals surface area contributed by atoms with Crippen molar-refractivity contribution in [2.75, 3.05) is 5.32 Å². The van der Waals surface area contributed by atoms with Crippen molar-refractivity contribution >= 4 is 39.6 Å². The molecule has 0 fully saturated rings. The van der Waals surface area contributed by atoms with Crippen LogP contribution in [0.1, 0.15) is 18.1 Å². The highest BCUT2D eigenvalue weighted by Crippen LogP contribution is 2.19. The molecule has 0 aliphatic carbocycles. The average molecular weight is 388 g/mol. The second-order valence-electron chi connectivity index (χ2n) is 5.29. The van der Waals surface area contributed by atoms with Crippen LogP contribution in [0.4, 0.5) is 5.69 Å². The first-order valence-electron chi connectivity index (χ1n) is 7.46. The van der Waals surface area contributed by atoms with E-state index in [0.717, 1.165) is 15.6 Å². The van der Waals surface area contributed by atoms with Crippen LogP contribution < -0.4 is 5.32 Å². The second-order valence-corrected chi connectivity index (χ2v) is 6.15. The SMILES string of the molecule is Cc1ccc(/C=C/C(=O)O[C@H](C)C(=O)Nc2ccccc2)c(Br)c1. The van der Waals surface area contributed by atoms with Crippen molar-refractivity contribution in [2.45, 2.75) is 20.0 Å². The summed E-state index contributed by atoms with van der Waals surface area (Å²) in [7, 11) is 0. The third-order valence-corrected chi connectivity index (χ3v) is 3.95. The number of benzene rings is 2. The Hall–Kier alpha value is -2.40. The van der Waals surface area contributed by atoms with Gasteiger partial charge in [0.1, 0.15) is 0 Å². The summed E-state index contributed by atoms with van der Waals surface area (Å²) in [4.78, 5) is 23.9. The summed E-state index contributed by atoms with van der Waals surface area (Å²) in [5.74, 6) is -0.947. The van der Waals surface area contributed by atoms with Crippen molar-refractivity contribution in [1.82, 2.24) is 0 Å². The summed E-state index contributed by atoms with van der Waals surface area (Å²) in [6, 6.07) is 14.8. The van der Waals surface area contributed by atoms with Gasteiger partial charge in [-0.25, -0.2) is 4.79 Å². The van der Waals surface area contributed by atoms with Gasteiger partial charge >= 0.3 is 5.97 Å². The fourth-order valence-corrected chi connectivity index (χ4v) is 2.58. The molecule has 1 atom stereocenters. The maximum Gasteiger partial charge on any atom is 0.331 e. The van der Waals surface area contributed by atoms with E-state index in [0.29, 0.717) is 5.69 Å². The van der Waals surface area contributed by atoms with Crippen molar-refractivity contribution in [1.29, 1.82) is 0 Å². The number of para-hydroxylation sites is 1. The van der Waals surface area contributed by atoms with Gasteiger partial charge in [0.05, 0.1) is 0 Å². The summed E-state index contributed by atoms with van der Waals surface area (Å²) in [5.41, 5.74) is 2.64. The van der Waals surface area contributed by atoms with Gasteiger partial charge in [-0.15, -0.1) is 0 Å². The normalized spacial score (nSPS) is 12.0. The van der Waals surface area contributed by atoms with E-state index in [2.05, 4.69) is 21.2 Å². The number of nitrogens with one attached hydrogen (secondary N) is 1. The number of esters is 1. The molecular weight excluding hydrogens is 370 g/mol. The minimum absolute atomic E-state index is 0.375. The Balaban J connectivity index is 1.91. The molecule has 24 heavy (non-hydrogen) atoms. The van der Waals surface area contributed by atoms with E-state index < -0.39 is 12.1 Å². The summed E-state index contributed by atoms with van der Waals surface area (Å²) in [6.07, 6.45) is 2.07. The molecule has 2 rings (SSSR count). The Morgan fingerprint density at radius 2 is 1.88 bits per heavy atom. The number of anilines is 1. The van der Waals surface area contributed by atoms with Gasteiger partial charge in [-0.05, 0) is 49.2 Å². The fraction of sp³-hybridized carbons (Fsp3) is 0.158. The van der Waals surface area contributed by atoms with E-state index >= 15 is 0 Å². The Labute approximate surface area is 149 Å². The standard InChI is InChI=1S/C19H18BrNO3/c1-13-8-9-15(17(20)12-13)10-11-18(22)24-14(2)19(23)21-16-6-4-3-5-7-16/h3-12,14H,1-2H3,(H,21,23)/b11-10+/t14-/m1/s1. The van der Waals surface area contributed by atoms with Gasteiger partial charge in [0.15, 0.2) is 6.10 Å². The van der Waals surface area contributed by atoms with Crippen LogP contribution in [0.3, 0.4) is 0 Å². The molecule has 4 nitrogen and oxygen atoms in total. The smallest absolute Gasteiger partial charge is 0.331 e. The minimum Gasteiger partial charge on any atom is -0.449 e. The van der Waals surface area contributed by atoms with Crippen molar-refractivity contribution in [3.8, 4) is 0 Å². The van der Waals surface area contributed by atoms with Crippen LogP contribution in [-0.2, 0) is 14.3 Å². The van der Waals surface area contributed by atoms with Crippen LogP contribution >= 0.6 is 15.9 Å². The maximum absolute atomic E-state index is 12.0. The minimum atomic E-state index is -0.885. The van der Waals surface area contributed by atoms with E-state index in [1.165, 1.54) is 13.0 Å². The van der Waals surface area contributed by atoms with Crippen molar-refractivity contribution in [3.05, 3.63) is 70.2 Å². The zero-order valence-electron chi connectivity index (χ0n) is 13.5. The van der Waals surface area contributed by atoms with Crippen LogP contribution in [0.5, 0.6) is 0 Å². The topological polar surface area (TPSA) is 55.4 Å². The molecule has 0 unspecified atom stereocenters. The molecular formula is C19H18BrNO3. The van der Waals surface area contributed by atoms with Gasteiger partial charge in [-0.2, -0.15) is 0 Å². The molecule has 2 aromatic rings. The van der Waals surface area contributed by atoms with E-state index in [1.54, 1.807) is 18.2 Å². The van der Waals surface area contributed by atoms with E-state index in [9.17, 15) is 9.59 Å². The Morgan fingerprint density at radius 3 is 2.54 bits per heavy atom. The number of carbonyl (C=O) groups excluding carboxylic acids is 2. The molecule has 0 aliphatic rings. The molecule has 0 aliphatic heterocycles. The first kappa shape index (κ1) is 17.9. The lowest BCUT2D eigenvalue weighted by Crippen LogP contribution is -2.29. The van der Waals surface area contributed by atoms with E-state index in [4.69, 9.17) is 4.74 Å². The Morgan fingerprint density at radius 1 is 1.17 bits per heavy atom. The number of halogens is 1. The van der Waals surface area contributed by atoms with Crippen molar-refractivity contribution in [3.63, 3.8) is 0 Å². The van der Waals surface area contributed by atoms with Crippen LogP contribution in [0, 0.1) is 6.92 Å². The lowest BCUT2D eigenvalue weighted by molar-refractivity contribution is -0.148. The lowest BCUT2D eigenvalue weighted by Gasteiger charge is -2.12. The zero-order chi connectivity index (χ0) is 17.5. The summed E-state index contributed by atoms with van der Waals surface area (Å²) >= 11 is 3.44. The van der Waals surface area contributed by atoms with Crippen LogP contribution in [0.25, 0.3) is 6.08 Å². The monoisotopic (exact) mass is 387 g/mol. The second kappa shape index (κ2) is 8.45. The average Bonchev–Trinajstić information content (AvgIpc) is 2.55. The molecule has 0 bridgehead atoms. The number of rotatable bonds is 5. The number of amides is 1. The third-order valence-electron chi connectivity index (χ3n) is 3.26. The molecule has 0 aromatic heterocycles. The van der Waals surface area contributed by atoms with E-state index in [1.807, 2.05) is 43.3 Å². The Kier molecular flexibility index (Phi) is 6.32. The summed E-state index contributed by atoms with van der Waals surface area (Å²) in [5, 5.41) is 2.69. The highest BCUT2D eigenvalue weighted by Gasteiger charge is 2.16. The number of ether oxygens (including phenoxy) is 1. The molecule has 0 radical (unpaired) electrons. The fourth-order valence-electron chi connectivity index (χ4n) is 1.96. The van der Waals surface area contributed by atoms with E-state index in [-0.39, 0.29) is 5.91 Å². The van der Waals surface area contributed by atoms with Gasteiger partial charge in [0, 0.05) is 16.2 Å². The van der Waals surface area contributed by atoms with Gasteiger partial charge in [-0.3, -0.25) is 4.79 Å². The lowest BCUT2D eigenvalue weighted by atomic mass is 10.1. The predicted molar refractivity (Wildman–Crippen MR) is 98.5 cm³/mol. The number of hydrogen-bond donors (Lipinski definition) is 1. The molecule has 2 aromatic carbocycles. The molecule has 1 amide bonds. The quantitative estimate of drug-likeness (QED) is 0.613. The Bertz CT molecular complexity index is 756. The molecule has 0 saturated heterocycles.